The first-order valence-electron chi connectivity index (χ1n) is 6.23. The van der Waals surface area contributed by atoms with Crippen molar-refractivity contribution in [2.75, 3.05) is 11.9 Å². The number of rotatable bonds is 6. The maximum absolute atomic E-state index is 11.7. The number of nitrogens with one attached hydrogen (secondary N) is 2. The molecule has 1 rings (SSSR count). The van der Waals surface area contributed by atoms with Crippen molar-refractivity contribution in [1.29, 1.82) is 0 Å². The van der Waals surface area contributed by atoms with Gasteiger partial charge >= 0.3 is 12.0 Å². The lowest BCUT2D eigenvalue weighted by molar-refractivity contribution is -0.141. The Morgan fingerprint density at radius 1 is 1.33 bits per heavy atom. The normalized spacial score (nSPS) is 11.8. The minimum atomic E-state index is -0.840. The molecule has 5 nitrogen and oxygen atoms in total. The van der Waals surface area contributed by atoms with Crippen molar-refractivity contribution in [2.45, 2.75) is 19.8 Å². The van der Waals surface area contributed by atoms with E-state index in [-0.39, 0.29) is 0 Å². The molecule has 0 saturated heterocycles. The lowest BCUT2D eigenvalue weighted by Gasteiger charge is -2.11. The Balaban J connectivity index is 2.43. The maximum atomic E-state index is 11.7. The Hall–Kier alpha value is -0.980. The molecule has 0 spiro atoms. The van der Waals surface area contributed by atoms with Crippen LogP contribution in [0.2, 0.25) is 10.0 Å². The summed E-state index contributed by atoms with van der Waals surface area (Å²) < 4.78 is 0.714. The van der Waals surface area contributed by atoms with Crippen molar-refractivity contribution < 1.29 is 14.7 Å². The van der Waals surface area contributed by atoms with Crippen LogP contribution in [0.15, 0.2) is 16.6 Å². The average Bonchev–Trinajstić information content (AvgIpc) is 2.38. The third-order valence-electron chi connectivity index (χ3n) is 2.77. The second-order valence-corrected chi connectivity index (χ2v) is 6.24. The summed E-state index contributed by atoms with van der Waals surface area (Å²) in [5.41, 5.74) is 0.331. The van der Waals surface area contributed by atoms with E-state index in [1.807, 2.05) is 0 Å². The highest BCUT2D eigenvalue weighted by atomic mass is 79.9. The molecule has 1 atom stereocenters. The smallest absolute Gasteiger partial charge is 0.319 e. The van der Waals surface area contributed by atoms with E-state index >= 15 is 0 Å². The average molecular weight is 398 g/mol. The molecule has 0 aliphatic rings. The molecule has 116 valence electrons. The van der Waals surface area contributed by atoms with Crippen LogP contribution < -0.4 is 10.6 Å². The molecule has 0 fully saturated rings. The van der Waals surface area contributed by atoms with Gasteiger partial charge in [0.1, 0.15) is 0 Å². The highest BCUT2D eigenvalue weighted by molar-refractivity contribution is 9.10. The Labute approximate surface area is 141 Å². The molecular formula is C13H15BrCl2N2O3. The van der Waals surface area contributed by atoms with E-state index in [9.17, 15) is 9.59 Å². The highest BCUT2D eigenvalue weighted by Crippen LogP contribution is 2.33. The number of hydrogen-bond donors (Lipinski definition) is 3. The van der Waals surface area contributed by atoms with Gasteiger partial charge < -0.3 is 15.7 Å². The molecule has 0 aromatic heterocycles. The van der Waals surface area contributed by atoms with Gasteiger partial charge in [-0.05, 0) is 25.0 Å². The lowest BCUT2D eigenvalue weighted by atomic mass is 10.1. The van der Waals surface area contributed by atoms with Gasteiger partial charge in [0, 0.05) is 11.0 Å². The summed E-state index contributed by atoms with van der Waals surface area (Å²) in [6, 6.07) is 2.80. The molecule has 0 aliphatic heterocycles. The molecule has 3 N–H and O–H groups in total. The fraction of sp³-hybridized carbons (Fsp3) is 0.385. The van der Waals surface area contributed by atoms with Crippen LogP contribution in [0.25, 0.3) is 0 Å². The van der Waals surface area contributed by atoms with E-state index in [0.717, 1.165) is 0 Å². The van der Waals surface area contributed by atoms with Crippen LogP contribution in [0.3, 0.4) is 0 Å². The summed E-state index contributed by atoms with van der Waals surface area (Å²) in [7, 11) is 0. The van der Waals surface area contributed by atoms with E-state index in [4.69, 9.17) is 28.3 Å². The third-order valence-corrected chi connectivity index (χ3v) is 3.82. The molecule has 1 unspecified atom stereocenters. The molecule has 0 bridgehead atoms. The fourth-order valence-corrected chi connectivity index (χ4v) is 2.86. The van der Waals surface area contributed by atoms with Crippen LogP contribution in [0.1, 0.15) is 19.8 Å². The number of carboxylic acid groups (broad SMARTS) is 1. The van der Waals surface area contributed by atoms with Gasteiger partial charge in [0.25, 0.3) is 0 Å². The Morgan fingerprint density at radius 3 is 2.43 bits per heavy atom. The number of anilines is 1. The van der Waals surface area contributed by atoms with Gasteiger partial charge in [-0.3, -0.25) is 4.79 Å². The molecule has 0 radical (unpaired) electrons. The van der Waals surface area contributed by atoms with Gasteiger partial charge in [-0.15, -0.1) is 0 Å². The SMILES string of the molecule is CC(CCCNC(=O)Nc1c(Cl)cc(Br)cc1Cl)C(=O)O. The standard InChI is InChI=1S/C13H15BrCl2N2O3/c1-7(12(19)20)3-2-4-17-13(21)18-11-9(15)5-8(14)6-10(11)16/h5-7H,2-4H2,1H3,(H,19,20)(H2,17,18,21). The summed E-state index contributed by atoms with van der Waals surface area (Å²) in [5.74, 6) is -1.27. The number of benzene rings is 1. The Morgan fingerprint density at radius 2 is 1.90 bits per heavy atom. The van der Waals surface area contributed by atoms with Gasteiger partial charge in [0.05, 0.1) is 21.7 Å². The van der Waals surface area contributed by atoms with E-state index in [2.05, 4.69) is 26.6 Å². The number of aliphatic carboxylic acids is 1. The van der Waals surface area contributed by atoms with Crippen LogP contribution in [0, 0.1) is 5.92 Å². The predicted molar refractivity (Wildman–Crippen MR) is 87.2 cm³/mol. The van der Waals surface area contributed by atoms with E-state index in [1.54, 1.807) is 19.1 Å². The minimum absolute atomic E-state index is 0.323. The van der Waals surface area contributed by atoms with Gasteiger partial charge in [-0.1, -0.05) is 46.1 Å². The molecule has 1 aromatic rings. The molecule has 0 aliphatic carbocycles. The second kappa shape index (κ2) is 8.46. The third kappa shape index (κ3) is 6.11. The molecule has 8 heteroatoms. The van der Waals surface area contributed by atoms with Gasteiger partial charge in [-0.2, -0.15) is 0 Å². The second-order valence-electron chi connectivity index (χ2n) is 4.51. The van der Waals surface area contributed by atoms with Gasteiger partial charge in [0.2, 0.25) is 0 Å². The Kier molecular flexibility index (Phi) is 7.28. The zero-order valence-corrected chi connectivity index (χ0v) is 14.3. The van der Waals surface area contributed by atoms with Crippen molar-refractivity contribution in [3.05, 3.63) is 26.7 Å². The van der Waals surface area contributed by atoms with Crippen molar-refractivity contribution in [3.63, 3.8) is 0 Å². The van der Waals surface area contributed by atoms with Crippen molar-refractivity contribution in [2.24, 2.45) is 5.92 Å². The largest absolute Gasteiger partial charge is 0.481 e. The molecule has 2 amide bonds. The van der Waals surface area contributed by atoms with Crippen molar-refractivity contribution in [3.8, 4) is 0 Å². The van der Waals surface area contributed by atoms with Crippen LogP contribution >= 0.6 is 39.1 Å². The zero-order chi connectivity index (χ0) is 16.0. The van der Waals surface area contributed by atoms with Gasteiger partial charge in [0.15, 0.2) is 0 Å². The maximum Gasteiger partial charge on any atom is 0.319 e. The number of urea groups is 1. The van der Waals surface area contributed by atoms with E-state index < -0.39 is 17.9 Å². The number of carbonyl (C=O) groups excluding carboxylic acids is 1. The quantitative estimate of drug-likeness (QED) is 0.623. The molecule has 0 heterocycles. The molecular weight excluding hydrogens is 383 g/mol. The first-order valence-corrected chi connectivity index (χ1v) is 7.78. The van der Waals surface area contributed by atoms with Crippen molar-refractivity contribution in [1.82, 2.24) is 5.32 Å². The summed E-state index contributed by atoms with van der Waals surface area (Å²) >= 11 is 15.2. The van der Waals surface area contributed by atoms with Crippen molar-refractivity contribution >= 4 is 56.8 Å². The summed E-state index contributed by atoms with van der Waals surface area (Å²) in [4.78, 5) is 22.4. The molecule has 1 aromatic carbocycles. The van der Waals surface area contributed by atoms with Crippen LogP contribution in [0.5, 0.6) is 0 Å². The molecule has 0 saturated carbocycles. The van der Waals surface area contributed by atoms with E-state index in [0.29, 0.717) is 39.6 Å². The predicted octanol–water partition coefficient (Wildman–Crippen LogP) is 4.38. The number of halogens is 3. The van der Waals surface area contributed by atoms with Crippen LogP contribution in [-0.2, 0) is 4.79 Å². The van der Waals surface area contributed by atoms with E-state index in [1.165, 1.54) is 0 Å². The van der Waals surface area contributed by atoms with Gasteiger partial charge in [-0.25, -0.2) is 4.79 Å². The number of hydrogen-bond acceptors (Lipinski definition) is 2. The summed E-state index contributed by atoms with van der Waals surface area (Å²) in [5, 5.41) is 14.6. The molecule has 21 heavy (non-hydrogen) atoms. The summed E-state index contributed by atoms with van der Waals surface area (Å²) in [6.07, 6.45) is 1.07. The lowest BCUT2D eigenvalue weighted by Crippen LogP contribution is -2.30. The van der Waals surface area contributed by atoms with Crippen LogP contribution in [-0.4, -0.2) is 23.7 Å². The number of amides is 2. The fourth-order valence-electron chi connectivity index (χ4n) is 1.55. The monoisotopic (exact) mass is 396 g/mol. The number of carboxylic acids is 1. The highest BCUT2D eigenvalue weighted by Gasteiger charge is 2.12. The number of carbonyl (C=O) groups is 2. The zero-order valence-electron chi connectivity index (χ0n) is 11.3. The topological polar surface area (TPSA) is 78.4 Å². The van der Waals surface area contributed by atoms with Crippen LogP contribution in [0.4, 0.5) is 10.5 Å². The Bertz CT molecular complexity index is 517. The summed E-state index contributed by atoms with van der Waals surface area (Å²) in [6.45, 7) is 2.00. The first kappa shape index (κ1) is 18.1. The minimum Gasteiger partial charge on any atom is -0.481 e. The first-order chi connectivity index (χ1) is 9.81.